The van der Waals surface area contributed by atoms with Crippen molar-refractivity contribution in [2.45, 2.75) is 127 Å². The third-order valence-corrected chi connectivity index (χ3v) is 12.0. The van der Waals surface area contributed by atoms with Gasteiger partial charge in [0.15, 0.2) is 0 Å². The second-order valence-electron chi connectivity index (χ2n) is 15.9. The van der Waals surface area contributed by atoms with Gasteiger partial charge in [-0.15, -0.1) is 0 Å². The summed E-state index contributed by atoms with van der Waals surface area (Å²) >= 11 is 0. The van der Waals surface area contributed by atoms with Gasteiger partial charge in [0.25, 0.3) is 11.9 Å². The molecule has 2 aliphatic carbocycles. The number of allylic oxidation sites excluding steroid dienone is 1. The van der Waals surface area contributed by atoms with E-state index in [9.17, 15) is 27.6 Å². The summed E-state index contributed by atoms with van der Waals surface area (Å²) in [6, 6.07) is 6.36. The van der Waals surface area contributed by atoms with Gasteiger partial charge < -0.3 is 25.0 Å². The van der Waals surface area contributed by atoms with Crippen LogP contribution in [-0.4, -0.2) is 101 Å². The van der Waals surface area contributed by atoms with Crippen LogP contribution in [0.3, 0.4) is 0 Å². The van der Waals surface area contributed by atoms with Crippen molar-refractivity contribution in [2.24, 2.45) is 5.92 Å². The minimum Gasteiger partial charge on any atom is -0.459 e. The molecule has 1 saturated heterocycles. The molecule has 0 radical (unpaired) electrons. The fourth-order valence-corrected chi connectivity index (χ4v) is 8.28. The van der Waals surface area contributed by atoms with Crippen LogP contribution in [0.15, 0.2) is 36.4 Å². The third kappa shape index (κ3) is 8.64. The topological polar surface area (TPSA) is 181 Å². The van der Waals surface area contributed by atoms with Crippen LogP contribution in [0, 0.1) is 5.92 Å². The highest BCUT2D eigenvalue weighted by molar-refractivity contribution is 7.87. The summed E-state index contributed by atoms with van der Waals surface area (Å²) in [5.41, 5.74) is -0.596. The van der Waals surface area contributed by atoms with E-state index in [-0.39, 0.29) is 25.4 Å². The smallest absolute Gasteiger partial charge is 0.408 e. The summed E-state index contributed by atoms with van der Waals surface area (Å²) in [5.74, 6) is -2.38. The number of rotatable bonds is 7. The number of nitrogens with one attached hydrogen (secondary N) is 3. The minimum absolute atomic E-state index is 0.0226. The number of benzene rings is 1. The van der Waals surface area contributed by atoms with Gasteiger partial charge in [0.2, 0.25) is 11.8 Å². The Morgan fingerprint density at radius 3 is 2.47 bits per heavy atom. The molecule has 2 aromatic rings. The van der Waals surface area contributed by atoms with Gasteiger partial charge >= 0.3 is 16.3 Å². The maximum atomic E-state index is 14.5. The minimum atomic E-state index is -4.15. The number of alkyl carbamates (subject to hydrolysis) is 1. The number of fused-ring (bicyclic) bond motifs is 3. The number of carbonyl (C=O) groups is 4. The van der Waals surface area contributed by atoms with Crippen molar-refractivity contribution in [1.29, 1.82) is 0 Å². The van der Waals surface area contributed by atoms with Crippen LogP contribution in [0.1, 0.15) is 97.4 Å². The van der Waals surface area contributed by atoms with Gasteiger partial charge in [-0.25, -0.2) is 9.52 Å². The zero-order valence-corrected chi connectivity index (χ0v) is 32.1. The number of aromatic nitrogens is 2. The summed E-state index contributed by atoms with van der Waals surface area (Å²) in [7, 11) is -1.55. The van der Waals surface area contributed by atoms with Crippen molar-refractivity contribution >= 4 is 45.1 Å². The molecule has 1 aromatic carbocycles. The highest BCUT2D eigenvalue weighted by Gasteiger charge is 2.62. The molecule has 3 heterocycles. The maximum Gasteiger partial charge on any atom is 0.408 e. The van der Waals surface area contributed by atoms with E-state index in [1.165, 1.54) is 19.0 Å². The van der Waals surface area contributed by atoms with E-state index < -0.39 is 69.3 Å². The number of carbonyl (C=O) groups excluding carboxylic acids is 4. The van der Waals surface area contributed by atoms with Crippen molar-refractivity contribution < 1.29 is 37.1 Å². The van der Waals surface area contributed by atoms with E-state index in [4.69, 9.17) is 14.5 Å². The third-order valence-electron chi connectivity index (χ3n) is 10.6. The monoisotopic (exact) mass is 755 g/mol. The predicted octanol–water partition coefficient (Wildman–Crippen LogP) is 3.71. The Kier molecular flexibility index (Phi) is 11.1. The number of hydrogen-bond acceptors (Lipinski definition) is 9. The van der Waals surface area contributed by atoms with Gasteiger partial charge in [-0.3, -0.25) is 19.0 Å². The molecule has 53 heavy (non-hydrogen) atoms. The Labute approximate surface area is 311 Å². The first-order chi connectivity index (χ1) is 25.1. The molecule has 1 aromatic heterocycles. The predicted molar refractivity (Wildman–Crippen MR) is 197 cm³/mol. The van der Waals surface area contributed by atoms with E-state index in [2.05, 4.69) is 19.9 Å². The molecule has 16 heteroatoms. The lowest BCUT2D eigenvalue weighted by Gasteiger charge is -2.30. The largest absolute Gasteiger partial charge is 0.459 e. The zero-order chi connectivity index (χ0) is 38.1. The zero-order valence-electron chi connectivity index (χ0n) is 31.3. The number of ether oxygens (including phenoxy) is 2. The van der Waals surface area contributed by atoms with Crippen molar-refractivity contribution in [3.05, 3.63) is 36.4 Å². The van der Waals surface area contributed by atoms with Crippen LogP contribution in [-0.2, 0) is 29.3 Å². The summed E-state index contributed by atoms with van der Waals surface area (Å²) in [6.07, 6.45) is 10.0. The molecule has 0 bridgehead atoms. The Balaban J connectivity index is 1.33. The SMILES string of the molecule is CN(C)S(=O)(=O)NC(=O)[C@@]12C[C@H]1/C=C\CCCCC[C@H](NC(=O)OC(C)(C)C)C(=O)N1C[C@H](Oc3nc4ccccc4n3C3CCCC3)C[C@H]1C(=O)N2. The van der Waals surface area contributed by atoms with E-state index in [0.717, 1.165) is 53.9 Å². The molecule has 0 unspecified atom stereocenters. The molecule has 4 aliphatic rings. The van der Waals surface area contributed by atoms with Gasteiger partial charge in [0, 0.05) is 32.5 Å². The lowest BCUT2D eigenvalue weighted by Crippen LogP contribution is -2.58. The fourth-order valence-electron chi connectivity index (χ4n) is 7.68. The molecule has 15 nitrogen and oxygen atoms in total. The van der Waals surface area contributed by atoms with Crippen LogP contribution in [0.25, 0.3) is 11.0 Å². The Morgan fingerprint density at radius 1 is 1.04 bits per heavy atom. The number of hydrogen-bond donors (Lipinski definition) is 3. The first-order valence-electron chi connectivity index (χ1n) is 18.7. The van der Waals surface area contributed by atoms with Crippen molar-refractivity contribution in [1.82, 2.24) is 34.1 Å². The lowest BCUT2D eigenvalue weighted by atomic mass is 10.0. The number of amides is 4. The van der Waals surface area contributed by atoms with Gasteiger partial charge in [-0.05, 0) is 71.4 Å². The van der Waals surface area contributed by atoms with Gasteiger partial charge in [0.1, 0.15) is 29.3 Å². The molecular weight excluding hydrogens is 703 g/mol. The molecule has 0 spiro atoms. The van der Waals surface area contributed by atoms with Crippen molar-refractivity contribution in [3.63, 3.8) is 0 Å². The van der Waals surface area contributed by atoms with Crippen LogP contribution in [0.2, 0.25) is 0 Å². The molecule has 3 fully saturated rings. The molecule has 6 rings (SSSR count). The Bertz CT molecular complexity index is 1850. The van der Waals surface area contributed by atoms with E-state index in [1.807, 2.05) is 36.4 Å². The molecule has 4 amide bonds. The first-order valence-corrected chi connectivity index (χ1v) is 20.2. The van der Waals surface area contributed by atoms with Gasteiger partial charge in [0.05, 0.1) is 17.6 Å². The van der Waals surface area contributed by atoms with Gasteiger partial charge in [-0.1, -0.05) is 50.0 Å². The second kappa shape index (κ2) is 15.3. The summed E-state index contributed by atoms with van der Waals surface area (Å²) < 4.78 is 42.7. The lowest BCUT2D eigenvalue weighted by molar-refractivity contribution is -0.141. The Morgan fingerprint density at radius 2 is 1.75 bits per heavy atom. The average molecular weight is 756 g/mol. The fraction of sp³-hybridized carbons (Fsp3) is 0.649. The van der Waals surface area contributed by atoms with Crippen LogP contribution in [0.5, 0.6) is 6.01 Å². The quantitative estimate of drug-likeness (QED) is 0.355. The molecule has 290 valence electrons. The van der Waals surface area contributed by atoms with Gasteiger partial charge in [-0.2, -0.15) is 17.7 Å². The first kappa shape index (κ1) is 38.5. The maximum absolute atomic E-state index is 14.5. The van der Waals surface area contributed by atoms with Crippen molar-refractivity contribution in [2.75, 3.05) is 20.6 Å². The highest BCUT2D eigenvalue weighted by Crippen LogP contribution is 2.46. The highest BCUT2D eigenvalue weighted by atomic mass is 32.2. The summed E-state index contributed by atoms with van der Waals surface area (Å²) in [4.78, 5) is 61.8. The van der Waals surface area contributed by atoms with E-state index >= 15 is 0 Å². The molecule has 5 atom stereocenters. The number of nitrogens with zero attached hydrogens (tertiary/aromatic N) is 4. The summed E-state index contributed by atoms with van der Waals surface area (Å²) in [5, 5.41) is 5.63. The molecule has 2 saturated carbocycles. The molecule has 3 N–H and O–H groups in total. The van der Waals surface area contributed by atoms with Crippen molar-refractivity contribution in [3.8, 4) is 6.01 Å². The standard InChI is InChI=1S/C37H53N7O8S/c1-36(2,3)52-35(48)39-28-19-10-8-6-7-9-15-24-22-37(24,33(47)41-53(49,50)42(4)5)40-31(45)30-21-26(23-43(30)32(28)46)51-34-38-27-18-13-14-20-29(27)44(34)25-16-11-12-17-25/h9,13-15,18,20,24-26,28,30H,6-8,10-12,16-17,19,21-23H2,1-5H3,(H,39,48)(H,40,45)(H,41,47)/b15-9-/t24-,26-,28+,30+,37-/m1/s1. The average Bonchev–Trinajstić information content (AvgIpc) is 3.45. The number of imidazole rings is 1. The second-order valence-corrected chi connectivity index (χ2v) is 17.8. The summed E-state index contributed by atoms with van der Waals surface area (Å²) in [6.45, 7) is 5.23. The van der Waals surface area contributed by atoms with Crippen LogP contribution >= 0.6 is 0 Å². The Hall–Kier alpha value is -4.18. The van der Waals surface area contributed by atoms with Crippen LogP contribution < -0.4 is 20.1 Å². The van der Waals surface area contributed by atoms with E-state index in [1.54, 1.807) is 20.8 Å². The molecular formula is C37H53N7O8S. The number of para-hydroxylation sites is 2. The van der Waals surface area contributed by atoms with Crippen LogP contribution in [0.4, 0.5) is 4.79 Å². The van der Waals surface area contributed by atoms with E-state index in [0.29, 0.717) is 25.3 Å². The molecule has 2 aliphatic heterocycles. The normalized spacial score (nSPS) is 28.0.